The summed E-state index contributed by atoms with van der Waals surface area (Å²) in [5.74, 6) is 0.432. The Labute approximate surface area is 180 Å². The third-order valence-corrected chi connectivity index (χ3v) is 6.44. The van der Waals surface area contributed by atoms with Gasteiger partial charge >= 0.3 is 0 Å². The van der Waals surface area contributed by atoms with Gasteiger partial charge in [-0.3, -0.25) is 4.99 Å². The van der Waals surface area contributed by atoms with Gasteiger partial charge in [-0.15, -0.1) is 35.3 Å². The number of hydrogen-bond acceptors (Lipinski definition) is 4. The summed E-state index contributed by atoms with van der Waals surface area (Å²) in [6, 6.07) is 6.88. The highest BCUT2D eigenvalue weighted by Gasteiger charge is 2.38. The lowest BCUT2D eigenvalue weighted by Gasteiger charge is -2.42. The average molecular weight is 501 g/mol. The molecular weight excluding hydrogens is 476 g/mol. The van der Waals surface area contributed by atoms with Crippen LogP contribution in [0.25, 0.3) is 0 Å². The Bertz CT molecular complexity index is 753. The van der Waals surface area contributed by atoms with Crippen LogP contribution in [-0.4, -0.2) is 48.6 Å². The lowest BCUT2D eigenvalue weighted by atomic mass is 9.64. The zero-order valence-electron chi connectivity index (χ0n) is 15.2. The molecule has 2 aliphatic rings. The number of aliphatic imine (C=N–C) groups is 1. The first-order chi connectivity index (χ1) is 12.7. The fourth-order valence-corrected chi connectivity index (χ4v) is 4.47. The smallest absolute Gasteiger partial charge is 0.191 e. The second-order valence-electron chi connectivity index (χ2n) is 7.10. The van der Waals surface area contributed by atoms with Crippen LogP contribution in [0.1, 0.15) is 24.8 Å². The molecule has 1 saturated heterocycles. The number of thiazole rings is 1. The third kappa shape index (κ3) is 4.37. The summed E-state index contributed by atoms with van der Waals surface area (Å²) in [5, 5.41) is 3.08. The van der Waals surface area contributed by atoms with Gasteiger partial charge in [0.15, 0.2) is 11.1 Å². The molecule has 5 nitrogen and oxygen atoms in total. The highest BCUT2D eigenvalue weighted by atomic mass is 127. The monoisotopic (exact) mass is 501 g/mol. The van der Waals surface area contributed by atoms with E-state index >= 15 is 0 Å². The number of nitrogens with zero attached hydrogens (tertiary/aromatic N) is 4. The van der Waals surface area contributed by atoms with Crippen LogP contribution in [0, 0.1) is 5.82 Å². The summed E-state index contributed by atoms with van der Waals surface area (Å²) < 4.78 is 13.2. The molecule has 146 valence electrons. The maximum Gasteiger partial charge on any atom is 0.191 e. The molecule has 1 aromatic carbocycles. The van der Waals surface area contributed by atoms with Crippen LogP contribution in [-0.2, 0) is 5.41 Å². The zero-order chi connectivity index (χ0) is 18.0. The minimum absolute atomic E-state index is 0. The number of rotatable bonds is 4. The molecule has 1 aliphatic carbocycles. The van der Waals surface area contributed by atoms with E-state index in [-0.39, 0.29) is 35.2 Å². The Morgan fingerprint density at radius 1 is 1.19 bits per heavy atom. The van der Waals surface area contributed by atoms with Crippen molar-refractivity contribution in [1.29, 1.82) is 0 Å². The Morgan fingerprint density at radius 2 is 1.89 bits per heavy atom. The topological polar surface area (TPSA) is 57.8 Å². The second-order valence-corrected chi connectivity index (χ2v) is 7.98. The minimum Gasteiger partial charge on any atom is -0.370 e. The molecule has 0 unspecified atom stereocenters. The lowest BCUT2D eigenvalue weighted by molar-refractivity contribution is 0.252. The number of nitrogens with two attached hydrogens (primary N) is 1. The van der Waals surface area contributed by atoms with Crippen molar-refractivity contribution >= 4 is 46.4 Å². The number of halogens is 2. The third-order valence-electron chi connectivity index (χ3n) is 5.60. The summed E-state index contributed by atoms with van der Waals surface area (Å²) >= 11 is 1.67. The molecule has 4 rings (SSSR count). The van der Waals surface area contributed by atoms with Gasteiger partial charge in [0.25, 0.3) is 0 Å². The van der Waals surface area contributed by atoms with E-state index in [1.54, 1.807) is 23.5 Å². The summed E-state index contributed by atoms with van der Waals surface area (Å²) in [5.41, 5.74) is 7.49. The predicted molar refractivity (Wildman–Crippen MR) is 120 cm³/mol. The fraction of sp³-hybridized carbons (Fsp3) is 0.474. The molecule has 1 saturated carbocycles. The highest BCUT2D eigenvalue weighted by Crippen LogP contribution is 2.44. The summed E-state index contributed by atoms with van der Waals surface area (Å²) in [7, 11) is 0. The van der Waals surface area contributed by atoms with Crippen molar-refractivity contribution in [2.75, 3.05) is 37.6 Å². The van der Waals surface area contributed by atoms with E-state index in [4.69, 9.17) is 10.7 Å². The second kappa shape index (κ2) is 8.72. The molecule has 1 aromatic heterocycles. The molecular formula is C19H25FIN5S. The van der Waals surface area contributed by atoms with Crippen molar-refractivity contribution in [2.45, 2.75) is 24.7 Å². The van der Waals surface area contributed by atoms with Gasteiger partial charge in [-0.05, 0) is 30.5 Å². The fourth-order valence-electron chi connectivity index (χ4n) is 3.78. The van der Waals surface area contributed by atoms with Crippen LogP contribution in [0.4, 0.5) is 9.52 Å². The minimum atomic E-state index is -0.190. The van der Waals surface area contributed by atoms with Crippen molar-refractivity contribution < 1.29 is 4.39 Å². The van der Waals surface area contributed by atoms with Crippen molar-refractivity contribution in [2.24, 2.45) is 10.7 Å². The van der Waals surface area contributed by atoms with E-state index in [2.05, 4.69) is 14.8 Å². The van der Waals surface area contributed by atoms with Crippen LogP contribution < -0.4 is 10.6 Å². The van der Waals surface area contributed by atoms with Gasteiger partial charge in [0, 0.05) is 43.2 Å². The van der Waals surface area contributed by atoms with E-state index in [1.165, 1.54) is 12.0 Å². The summed E-state index contributed by atoms with van der Waals surface area (Å²) in [6.07, 6.45) is 5.22. The molecule has 0 amide bonds. The van der Waals surface area contributed by atoms with Gasteiger partial charge in [0.2, 0.25) is 0 Å². The SMILES string of the molecule is I.NC(=NCC1(c2ccc(F)cc2)CCC1)N1CCN(c2nccs2)CC1. The van der Waals surface area contributed by atoms with Crippen molar-refractivity contribution in [3.05, 3.63) is 47.2 Å². The largest absolute Gasteiger partial charge is 0.370 e. The van der Waals surface area contributed by atoms with Crippen LogP contribution in [0.3, 0.4) is 0 Å². The molecule has 0 atom stereocenters. The van der Waals surface area contributed by atoms with Crippen LogP contribution >= 0.6 is 35.3 Å². The summed E-state index contributed by atoms with van der Waals surface area (Å²) in [4.78, 5) is 13.5. The van der Waals surface area contributed by atoms with Gasteiger partial charge < -0.3 is 15.5 Å². The highest BCUT2D eigenvalue weighted by molar-refractivity contribution is 14.0. The maximum absolute atomic E-state index is 13.2. The van der Waals surface area contributed by atoms with Crippen LogP contribution in [0.15, 0.2) is 40.8 Å². The first-order valence-corrected chi connectivity index (χ1v) is 10.00. The first kappa shape index (κ1) is 20.3. The van der Waals surface area contributed by atoms with E-state index in [0.29, 0.717) is 12.5 Å². The number of piperazine rings is 1. The van der Waals surface area contributed by atoms with Crippen molar-refractivity contribution in [3.8, 4) is 0 Å². The van der Waals surface area contributed by atoms with Gasteiger partial charge in [0.05, 0.1) is 6.54 Å². The number of benzene rings is 1. The molecule has 2 heterocycles. The Hall–Kier alpha value is -1.42. The Kier molecular flexibility index (Phi) is 6.56. The van der Waals surface area contributed by atoms with Gasteiger partial charge in [0.1, 0.15) is 5.82 Å². The molecule has 0 radical (unpaired) electrons. The van der Waals surface area contributed by atoms with E-state index in [1.807, 2.05) is 23.7 Å². The molecule has 0 bridgehead atoms. The average Bonchev–Trinajstić information content (AvgIpc) is 3.17. The molecule has 2 N–H and O–H groups in total. The number of guanidine groups is 1. The molecule has 0 spiro atoms. The summed E-state index contributed by atoms with van der Waals surface area (Å²) in [6.45, 7) is 4.22. The zero-order valence-corrected chi connectivity index (χ0v) is 18.3. The predicted octanol–water partition coefficient (Wildman–Crippen LogP) is 3.46. The maximum atomic E-state index is 13.2. The molecule has 2 aromatic rings. The van der Waals surface area contributed by atoms with Crippen molar-refractivity contribution in [3.63, 3.8) is 0 Å². The van der Waals surface area contributed by atoms with Crippen LogP contribution in [0.5, 0.6) is 0 Å². The molecule has 27 heavy (non-hydrogen) atoms. The Morgan fingerprint density at radius 3 is 2.44 bits per heavy atom. The number of anilines is 1. The van der Waals surface area contributed by atoms with Crippen molar-refractivity contribution in [1.82, 2.24) is 9.88 Å². The molecule has 8 heteroatoms. The normalized spacial score (nSPS) is 19.4. The van der Waals surface area contributed by atoms with Gasteiger partial charge in [-0.2, -0.15) is 0 Å². The number of aromatic nitrogens is 1. The van der Waals surface area contributed by atoms with Gasteiger partial charge in [-0.1, -0.05) is 18.6 Å². The first-order valence-electron chi connectivity index (χ1n) is 9.12. The Balaban J connectivity index is 0.00000210. The van der Waals surface area contributed by atoms with Crippen LogP contribution in [0.2, 0.25) is 0 Å². The molecule has 1 aliphatic heterocycles. The lowest BCUT2D eigenvalue weighted by Crippen LogP contribution is -2.51. The molecule has 2 fully saturated rings. The van der Waals surface area contributed by atoms with E-state index in [0.717, 1.165) is 44.2 Å². The van der Waals surface area contributed by atoms with E-state index < -0.39 is 0 Å². The van der Waals surface area contributed by atoms with Gasteiger partial charge in [-0.25, -0.2) is 9.37 Å². The quantitative estimate of drug-likeness (QED) is 0.396. The van der Waals surface area contributed by atoms with E-state index in [9.17, 15) is 4.39 Å². The standard InChI is InChI=1S/C19H24FN5S.HI/c20-16-4-2-15(3-5-16)19(6-1-7-19)14-23-17(21)24-9-11-25(12-10-24)18-22-8-13-26-18;/h2-5,8,13H,1,6-7,9-12,14H2,(H2,21,23);1H. The number of hydrogen-bond donors (Lipinski definition) is 1.